The van der Waals surface area contributed by atoms with Gasteiger partial charge in [-0.05, 0) is 25.7 Å². The summed E-state index contributed by atoms with van der Waals surface area (Å²) in [5.74, 6) is -2.28. The van der Waals surface area contributed by atoms with Crippen LogP contribution in [0.15, 0.2) is 0 Å². The molecule has 0 aliphatic rings. The van der Waals surface area contributed by atoms with Gasteiger partial charge in [-0.2, -0.15) is 39.1 Å². The molecule has 0 aromatic rings. The van der Waals surface area contributed by atoms with Gasteiger partial charge in [-0.3, -0.25) is 45.9 Å². The molecule has 0 spiro atoms. The van der Waals surface area contributed by atoms with Crippen LogP contribution in [0.3, 0.4) is 0 Å². The van der Waals surface area contributed by atoms with Crippen molar-refractivity contribution in [1.29, 1.82) is 0 Å². The maximum Gasteiger partial charge on any atom is 1.00 e. The van der Waals surface area contributed by atoms with Crippen LogP contribution >= 0.6 is 0 Å². The van der Waals surface area contributed by atoms with Crippen LogP contribution in [-0.4, -0.2) is 73.5 Å². The standard InChI is InChI=1S/C6H10O4.2C2H10N4O6.CH2O3.2Na/c7-5(8)3-1-2-4-6(9)10;2*3-1(4,9-7)11-12-2(5,6)10-8;2-1(3)4;;/h1-4H2,(H,7,8)(H,9,10);2*7-8H,3-6H2;(H2,2,3,4);;/q;;;;2*+1/p-2. The van der Waals surface area contributed by atoms with Crippen LogP contribution < -0.4 is 115 Å². The summed E-state index contributed by atoms with van der Waals surface area (Å²) in [4.78, 5) is 57.0. The second-order valence-electron chi connectivity index (χ2n) is 5.82. The molecule has 0 aliphatic carbocycles. The average Bonchev–Trinajstić information content (AvgIpc) is 2.80. The van der Waals surface area contributed by atoms with Crippen LogP contribution in [0.2, 0.25) is 0 Å². The Labute approximate surface area is 266 Å². The number of carbonyl (C=O) groups is 3. The number of aliphatic carboxylic acids is 2. The van der Waals surface area contributed by atoms with Gasteiger partial charge in [0.15, 0.2) is 0 Å². The number of carboxylic acids is 2. The van der Waals surface area contributed by atoms with Crippen molar-refractivity contribution in [2.75, 3.05) is 0 Å². The number of hydrogen-bond acceptors (Lipinski definition) is 25. The second kappa shape index (κ2) is 27.3. The van der Waals surface area contributed by atoms with Crippen LogP contribution in [0, 0.1) is 0 Å². The van der Waals surface area contributed by atoms with E-state index in [9.17, 15) is 19.8 Å². The van der Waals surface area contributed by atoms with E-state index in [0.717, 1.165) is 0 Å². The number of carboxylic acid groups (broad SMARTS) is 4. The Morgan fingerprint density at radius 1 is 0.525 bits per heavy atom. The predicted octanol–water partition coefficient (Wildman–Crippen LogP) is -13.8. The number of nitrogens with two attached hydrogens (primary N) is 8. The van der Waals surface area contributed by atoms with E-state index < -0.39 is 42.2 Å². The quantitative estimate of drug-likeness (QED) is 0.0264. The van der Waals surface area contributed by atoms with E-state index in [1.165, 1.54) is 0 Å². The van der Waals surface area contributed by atoms with Crippen LogP contribution in [0.25, 0.3) is 0 Å². The molecule has 0 atom stereocenters. The Morgan fingerprint density at radius 3 is 0.775 bits per heavy atom. The van der Waals surface area contributed by atoms with Gasteiger partial charge >= 0.3 is 89.4 Å². The molecule has 0 aromatic heterocycles. The van der Waals surface area contributed by atoms with Crippen molar-refractivity contribution >= 4 is 18.1 Å². The second-order valence-corrected chi connectivity index (χ2v) is 5.82. The van der Waals surface area contributed by atoms with E-state index in [4.69, 9.17) is 81.9 Å². The number of hydrogen-bond donors (Lipinski definition) is 14. The fourth-order valence-corrected chi connectivity index (χ4v) is 0.860. The number of unbranched alkanes of at least 4 members (excludes halogenated alkanes) is 1. The first-order valence-corrected chi connectivity index (χ1v) is 8.68. The third-order valence-electron chi connectivity index (χ3n) is 2.19. The van der Waals surface area contributed by atoms with Gasteiger partial charge in [0.25, 0.3) is 0 Å². The average molecular weight is 624 g/mol. The summed E-state index contributed by atoms with van der Waals surface area (Å²) in [5, 5.41) is 65.2. The minimum Gasteiger partial charge on any atom is -0.550 e. The normalized spacial score (nSPS) is 11.0. The zero-order valence-corrected chi connectivity index (χ0v) is 24.9. The van der Waals surface area contributed by atoms with Gasteiger partial charge in [0.05, 0.1) is 0 Å². The van der Waals surface area contributed by atoms with Gasteiger partial charge in [0.2, 0.25) is 0 Å². The molecule has 0 radical (unpaired) electrons. The Bertz CT molecular complexity index is 578. The first kappa shape index (κ1) is 52.1. The van der Waals surface area contributed by atoms with E-state index in [2.05, 4.69) is 39.1 Å². The zero-order chi connectivity index (χ0) is 31.2. The monoisotopic (exact) mass is 624 g/mol. The molecule has 0 unspecified atom stereocenters. The smallest absolute Gasteiger partial charge is 0.550 e. The molecule has 0 fully saturated rings. The summed E-state index contributed by atoms with van der Waals surface area (Å²) < 4.78 is 0. The summed E-state index contributed by atoms with van der Waals surface area (Å²) in [6, 6.07) is -9.88. The van der Waals surface area contributed by atoms with Gasteiger partial charge in [-0.25, -0.2) is 25.8 Å². The van der Waals surface area contributed by atoms with E-state index in [1.54, 1.807) is 0 Å². The molecule has 0 saturated heterocycles. The van der Waals surface area contributed by atoms with E-state index in [1.807, 2.05) is 0 Å². The summed E-state index contributed by atoms with van der Waals surface area (Å²) in [7, 11) is 0. The van der Waals surface area contributed by atoms with Gasteiger partial charge in [0, 0.05) is 11.9 Å². The van der Waals surface area contributed by atoms with Crippen molar-refractivity contribution in [2.24, 2.45) is 45.9 Å². The summed E-state index contributed by atoms with van der Waals surface area (Å²) >= 11 is 0. The molecule has 22 N–H and O–H groups in total. The molecule has 0 aromatic carbocycles. The fraction of sp³-hybridized carbons (Fsp3) is 0.727. The molecule has 0 bridgehead atoms. The van der Waals surface area contributed by atoms with Gasteiger partial charge in [0.1, 0.15) is 0 Å². The van der Waals surface area contributed by atoms with Crippen molar-refractivity contribution in [1.82, 2.24) is 0 Å². The third-order valence-corrected chi connectivity index (χ3v) is 2.19. The summed E-state index contributed by atoms with van der Waals surface area (Å²) in [6.07, 6.45) is -1.30. The molecule has 0 heterocycles. The van der Waals surface area contributed by atoms with Crippen molar-refractivity contribution in [2.45, 2.75) is 49.8 Å². The van der Waals surface area contributed by atoms with Crippen LogP contribution in [0.1, 0.15) is 25.7 Å². The van der Waals surface area contributed by atoms with Crippen LogP contribution in [-0.2, 0) is 48.7 Å². The minimum atomic E-state index is -2.47. The predicted molar refractivity (Wildman–Crippen MR) is 103 cm³/mol. The first-order chi connectivity index (χ1) is 17.0. The Kier molecular flexibility index (Phi) is 35.5. The van der Waals surface area contributed by atoms with E-state index >= 15 is 0 Å². The molecule has 0 aliphatic heterocycles. The van der Waals surface area contributed by atoms with Crippen LogP contribution in [0.4, 0.5) is 4.79 Å². The molecule has 0 saturated carbocycles. The van der Waals surface area contributed by atoms with Crippen LogP contribution in [0.5, 0.6) is 0 Å². The van der Waals surface area contributed by atoms with E-state index in [-0.39, 0.29) is 72.0 Å². The molecule has 40 heavy (non-hydrogen) atoms. The Morgan fingerprint density at radius 2 is 0.675 bits per heavy atom. The Balaban J connectivity index is -0.0000000994. The molecule has 29 heteroatoms. The minimum absolute atomic E-state index is 0. The third kappa shape index (κ3) is 47.2. The van der Waals surface area contributed by atoms with Crippen molar-refractivity contribution in [3.05, 3.63) is 0 Å². The molecule has 0 rings (SSSR count). The SMILES string of the molecule is NC(N)(OO)OOC(N)(N)OO.NC(N)(OO)OOC(N)(N)OO.O=C(O)O.O=C([O-])CCCCC(=O)[O-].[Na+].[Na+]. The molecule has 230 valence electrons. The molecular weight excluding hydrogens is 594 g/mol. The van der Waals surface area contributed by atoms with Gasteiger partial charge < -0.3 is 30.0 Å². The summed E-state index contributed by atoms with van der Waals surface area (Å²) in [5.41, 5.74) is 38.3. The van der Waals surface area contributed by atoms with E-state index in [0.29, 0.717) is 12.8 Å². The van der Waals surface area contributed by atoms with Gasteiger partial charge in [-0.1, -0.05) is 0 Å². The van der Waals surface area contributed by atoms with Crippen molar-refractivity contribution in [3.8, 4) is 0 Å². The first-order valence-electron chi connectivity index (χ1n) is 8.68. The van der Waals surface area contributed by atoms with Gasteiger partial charge in [-0.15, -0.1) is 0 Å². The van der Waals surface area contributed by atoms with Crippen molar-refractivity contribution < 1.29 is 154 Å². The van der Waals surface area contributed by atoms with Crippen molar-refractivity contribution in [3.63, 3.8) is 0 Å². The molecular formula is C11H30N8Na2O19. The summed E-state index contributed by atoms with van der Waals surface area (Å²) in [6.45, 7) is 0. The largest absolute Gasteiger partial charge is 1.00 e. The zero-order valence-electron chi connectivity index (χ0n) is 20.9. The topological polar surface area (TPSA) is 501 Å². The maximum absolute atomic E-state index is 9.77. The molecule has 27 nitrogen and oxygen atoms in total. The number of rotatable bonds is 15. The molecule has 0 amide bonds. The maximum atomic E-state index is 9.77. The fourth-order valence-electron chi connectivity index (χ4n) is 0.860. The number of carbonyl (C=O) groups excluding carboxylic acids is 2. The Hall–Kier alpha value is -0.590.